The molecule has 0 saturated heterocycles. The quantitative estimate of drug-likeness (QED) is 0.658. The number of H-pyrrole nitrogens is 1. The van der Waals surface area contributed by atoms with Gasteiger partial charge in [-0.3, -0.25) is 15.2 Å². The summed E-state index contributed by atoms with van der Waals surface area (Å²) in [5.74, 6) is 0. The lowest BCUT2D eigenvalue weighted by atomic mass is 10.1. The normalized spacial score (nSPS) is 12.1. The Balaban J connectivity index is 2.31. The summed E-state index contributed by atoms with van der Waals surface area (Å²) in [4.78, 5) is 10.5. The molecule has 1 atom stereocenters. The zero-order valence-corrected chi connectivity index (χ0v) is 10.3. The first-order valence-electron chi connectivity index (χ1n) is 5.27. The summed E-state index contributed by atoms with van der Waals surface area (Å²) in [5, 5.41) is 20.8. The van der Waals surface area contributed by atoms with Crippen LogP contribution in [0.3, 0.4) is 0 Å². The highest BCUT2D eigenvalue weighted by molar-refractivity contribution is 6.33. The number of nitrogens with zero attached hydrogens (tertiary/aromatic N) is 2. The maximum atomic E-state index is 10.9. The highest BCUT2D eigenvalue weighted by atomic mass is 35.5. The second-order valence-corrected chi connectivity index (χ2v) is 4.20. The molecule has 0 aliphatic heterocycles. The van der Waals surface area contributed by atoms with Gasteiger partial charge in [0.15, 0.2) is 0 Å². The van der Waals surface area contributed by atoms with E-state index in [0.717, 1.165) is 5.56 Å². The average Bonchev–Trinajstić information content (AvgIpc) is 2.85. The predicted molar refractivity (Wildman–Crippen MR) is 68.7 cm³/mol. The Morgan fingerprint density at radius 2 is 2.33 bits per heavy atom. The first-order valence-corrected chi connectivity index (χ1v) is 5.65. The van der Waals surface area contributed by atoms with Gasteiger partial charge in [0.05, 0.1) is 22.2 Å². The van der Waals surface area contributed by atoms with Crippen molar-refractivity contribution < 1.29 is 4.92 Å². The third-order valence-electron chi connectivity index (χ3n) is 2.57. The van der Waals surface area contributed by atoms with Crippen molar-refractivity contribution in [3.8, 4) is 0 Å². The van der Waals surface area contributed by atoms with Crippen molar-refractivity contribution in [2.24, 2.45) is 0 Å². The molecule has 0 spiro atoms. The molecular formula is C11H11ClN4O2. The highest BCUT2D eigenvalue weighted by Gasteiger charge is 2.19. The lowest BCUT2D eigenvalue weighted by molar-refractivity contribution is -0.384. The summed E-state index contributed by atoms with van der Waals surface area (Å²) >= 11 is 5.99. The lowest BCUT2D eigenvalue weighted by Gasteiger charge is -2.14. The van der Waals surface area contributed by atoms with Gasteiger partial charge in [0, 0.05) is 17.8 Å². The van der Waals surface area contributed by atoms with Crippen molar-refractivity contribution in [3.05, 3.63) is 51.3 Å². The van der Waals surface area contributed by atoms with Crippen molar-refractivity contribution in [3.63, 3.8) is 0 Å². The summed E-state index contributed by atoms with van der Waals surface area (Å²) in [7, 11) is 0. The highest BCUT2D eigenvalue weighted by Crippen LogP contribution is 2.34. The van der Waals surface area contributed by atoms with Crippen molar-refractivity contribution in [1.29, 1.82) is 0 Å². The third-order valence-corrected chi connectivity index (χ3v) is 2.88. The second kappa shape index (κ2) is 5.05. The maximum Gasteiger partial charge on any atom is 0.293 e. The summed E-state index contributed by atoms with van der Waals surface area (Å²) in [6, 6.07) is 4.44. The van der Waals surface area contributed by atoms with Crippen LogP contribution in [-0.4, -0.2) is 15.1 Å². The summed E-state index contributed by atoms with van der Waals surface area (Å²) < 4.78 is 0. The number of nitro groups is 1. The minimum Gasteiger partial charge on any atom is -0.372 e. The molecule has 0 fully saturated rings. The first-order chi connectivity index (χ1) is 8.59. The van der Waals surface area contributed by atoms with E-state index in [4.69, 9.17) is 11.6 Å². The smallest absolute Gasteiger partial charge is 0.293 e. The Kier molecular flexibility index (Phi) is 3.47. The monoisotopic (exact) mass is 266 g/mol. The van der Waals surface area contributed by atoms with Gasteiger partial charge in [0.25, 0.3) is 5.69 Å². The van der Waals surface area contributed by atoms with E-state index >= 15 is 0 Å². The Hall–Kier alpha value is -2.08. The summed E-state index contributed by atoms with van der Waals surface area (Å²) in [6.07, 6.45) is 3.38. The number of aromatic amines is 1. The van der Waals surface area contributed by atoms with Gasteiger partial charge in [-0.25, -0.2) is 0 Å². The minimum absolute atomic E-state index is 0.0437. The molecule has 94 valence electrons. The number of para-hydroxylation sites is 1. The van der Waals surface area contributed by atoms with E-state index in [1.165, 1.54) is 6.07 Å². The molecule has 0 saturated carbocycles. The first kappa shape index (κ1) is 12.4. The molecule has 6 nitrogen and oxygen atoms in total. The molecule has 0 aliphatic rings. The van der Waals surface area contributed by atoms with Crippen LogP contribution < -0.4 is 5.32 Å². The average molecular weight is 267 g/mol. The Morgan fingerprint density at radius 1 is 1.56 bits per heavy atom. The largest absolute Gasteiger partial charge is 0.372 e. The minimum atomic E-state index is -0.462. The zero-order chi connectivity index (χ0) is 13.1. The van der Waals surface area contributed by atoms with Crippen LogP contribution in [0.5, 0.6) is 0 Å². The maximum absolute atomic E-state index is 10.9. The molecule has 0 amide bonds. The van der Waals surface area contributed by atoms with E-state index in [-0.39, 0.29) is 11.7 Å². The molecule has 18 heavy (non-hydrogen) atoms. The van der Waals surface area contributed by atoms with Crippen LogP contribution in [0.4, 0.5) is 11.4 Å². The van der Waals surface area contributed by atoms with Crippen molar-refractivity contribution in [2.75, 3.05) is 5.32 Å². The Bertz CT molecular complexity index is 556. The van der Waals surface area contributed by atoms with Gasteiger partial charge >= 0.3 is 0 Å². The van der Waals surface area contributed by atoms with Gasteiger partial charge in [-0.2, -0.15) is 5.10 Å². The van der Waals surface area contributed by atoms with E-state index < -0.39 is 4.92 Å². The number of aromatic nitrogens is 2. The van der Waals surface area contributed by atoms with E-state index in [9.17, 15) is 10.1 Å². The molecule has 0 bridgehead atoms. The molecular weight excluding hydrogens is 256 g/mol. The third kappa shape index (κ3) is 2.43. The summed E-state index contributed by atoms with van der Waals surface area (Å²) in [5.41, 5.74) is 1.17. The molecule has 7 heteroatoms. The number of nitrogens with one attached hydrogen (secondary N) is 2. The fourth-order valence-electron chi connectivity index (χ4n) is 1.61. The number of hydrogen-bond acceptors (Lipinski definition) is 4. The number of benzene rings is 1. The fraction of sp³-hybridized carbons (Fsp3) is 0.182. The molecule has 0 radical (unpaired) electrons. The van der Waals surface area contributed by atoms with Crippen LogP contribution >= 0.6 is 11.6 Å². The van der Waals surface area contributed by atoms with Gasteiger partial charge < -0.3 is 5.32 Å². The van der Waals surface area contributed by atoms with Crippen molar-refractivity contribution >= 4 is 23.0 Å². The van der Waals surface area contributed by atoms with E-state index in [0.29, 0.717) is 10.7 Å². The van der Waals surface area contributed by atoms with Crippen LogP contribution in [0, 0.1) is 10.1 Å². The van der Waals surface area contributed by atoms with Gasteiger partial charge in [-0.1, -0.05) is 17.7 Å². The van der Waals surface area contributed by atoms with Crippen LogP contribution in [-0.2, 0) is 0 Å². The van der Waals surface area contributed by atoms with Gasteiger partial charge in [-0.05, 0) is 13.0 Å². The predicted octanol–water partition coefficient (Wildman–Crippen LogP) is 3.14. The topological polar surface area (TPSA) is 83.8 Å². The molecule has 2 N–H and O–H groups in total. The molecule has 1 unspecified atom stereocenters. The molecule has 1 aromatic heterocycles. The van der Waals surface area contributed by atoms with Gasteiger partial charge in [0.2, 0.25) is 0 Å². The Labute approximate surface area is 108 Å². The molecule has 1 aromatic carbocycles. The van der Waals surface area contributed by atoms with Crippen molar-refractivity contribution in [2.45, 2.75) is 13.0 Å². The molecule has 2 aromatic rings. The number of hydrogen-bond donors (Lipinski definition) is 2. The van der Waals surface area contributed by atoms with Crippen LogP contribution in [0.15, 0.2) is 30.6 Å². The Morgan fingerprint density at radius 3 is 2.94 bits per heavy atom. The van der Waals surface area contributed by atoms with Crippen molar-refractivity contribution in [1.82, 2.24) is 10.2 Å². The summed E-state index contributed by atoms with van der Waals surface area (Å²) in [6.45, 7) is 1.87. The zero-order valence-electron chi connectivity index (χ0n) is 9.55. The van der Waals surface area contributed by atoms with E-state index in [1.807, 2.05) is 6.92 Å². The van der Waals surface area contributed by atoms with E-state index in [2.05, 4.69) is 15.5 Å². The molecule has 0 aliphatic carbocycles. The number of rotatable bonds is 4. The number of nitro benzene ring substituents is 1. The molecule has 1 heterocycles. The fourth-order valence-corrected chi connectivity index (χ4v) is 1.83. The lowest BCUT2D eigenvalue weighted by Crippen LogP contribution is -2.08. The molecule has 2 rings (SSSR count). The standard InChI is InChI=1S/C11H11ClN4O2/c1-7(8-5-13-14-6-8)15-11-9(12)3-2-4-10(11)16(17)18/h2-7,15H,1H3,(H,13,14). The SMILES string of the molecule is CC(Nc1c(Cl)cccc1[N+](=O)[O-])c1cn[nH]c1. The number of anilines is 1. The van der Waals surface area contributed by atoms with Crippen LogP contribution in [0.25, 0.3) is 0 Å². The second-order valence-electron chi connectivity index (χ2n) is 3.79. The van der Waals surface area contributed by atoms with E-state index in [1.54, 1.807) is 24.5 Å². The van der Waals surface area contributed by atoms with Gasteiger partial charge in [-0.15, -0.1) is 0 Å². The van der Waals surface area contributed by atoms with Crippen LogP contribution in [0.1, 0.15) is 18.5 Å². The number of halogens is 1. The van der Waals surface area contributed by atoms with Gasteiger partial charge in [0.1, 0.15) is 5.69 Å². The van der Waals surface area contributed by atoms with Crippen LogP contribution in [0.2, 0.25) is 5.02 Å².